The molecule has 1 aliphatic heterocycles. The number of hydrogen-bond acceptors (Lipinski definition) is 3. The van der Waals surface area contributed by atoms with Crippen LogP contribution in [0.5, 0.6) is 0 Å². The van der Waals surface area contributed by atoms with Crippen molar-refractivity contribution in [1.82, 2.24) is 5.32 Å². The molecule has 3 nitrogen and oxygen atoms in total. The lowest BCUT2D eigenvalue weighted by Crippen LogP contribution is -2.45. The average Bonchev–Trinajstić information content (AvgIpc) is 3.46. The monoisotopic (exact) mass is 363 g/mol. The average molecular weight is 364 g/mol. The first-order valence-electron chi connectivity index (χ1n) is 11.0. The Morgan fingerprint density at radius 3 is 2.58 bits per heavy atom. The first kappa shape index (κ1) is 21.5. The van der Waals surface area contributed by atoms with Crippen LogP contribution in [-0.4, -0.2) is 29.5 Å². The van der Waals surface area contributed by atoms with Crippen LogP contribution >= 0.6 is 0 Å². The summed E-state index contributed by atoms with van der Waals surface area (Å²) in [5.74, 6) is 1.15. The van der Waals surface area contributed by atoms with Gasteiger partial charge in [0.1, 0.15) is 6.10 Å². The summed E-state index contributed by atoms with van der Waals surface area (Å²) < 4.78 is 6.16. The molecule has 0 spiro atoms. The summed E-state index contributed by atoms with van der Waals surface area (Å²) in [6.45, 7) is 12.9. The molecule has 0 bridgehead atoms. The summed E-state index contributed by atoms with van der Waals surface area (Å²) >= 11 is 0. The largest absolute Gasteiger partial charge is 0.384 e. The lowest BCUT2D eigenvalue weighted by Gasteiger charge is -2.38. The van der Waals surface area contributed by atoms with Crippen LogP contribution in [0, 0.1) is 11.8 Å². The van der Waals surface area contributed by atoms with E-state index in [1.54, 1.807) is 0 Å². The number of aliphatic hydroxyl groups excluding tert-OH is 1. The van der Waals surface area contributed by atoms with Crippen molar-refractivity contribution in [2.75, 3.05) is 0 Å². The molecule has 1 aliphatic carbocycles. The fourth-order valence-corrected chi connectivity index (χ4v) is 3.92. The zero-order chi connectivity index (χ0) is 19.1. The molecule has 0 radical (unpaired) electrons. The number of unbranched alkanes of at least 4 members (excludes halogenated alkanes) is 3. The van der Waals surface area contributed by atoms with Crippen molar-refractivity contribution in [3.05, 3.63) is 23.9 Å². The summed E-state index contributed by atoms with van der Waals surface area (Å²) in [4.78, 5) is 0. The number of hydrogen-bond donors (Lipinski definition) is 2. The number of rotatable bonds is 11. The SMILES string of the molecule is C=C1CC(C(O)/C(=C/CCC)NC(CCCCC)C2CC2)OC(C)C1C. The molecule has 2 N–H and O–H groups in total. The van der Waals surface area contributed by atoms with Gasteiger partial charge in [-0.25, -0.2) is 0 Å². The molecular formula is C23H41NO2. The minimum atomic E-state index is -0.583. The number of allylic oxidation sites excluding steroid dienone is 1. The molecule has 26 heavy (non-hydrogen) atoms. The molecule has 5 unspecified atom stereocenters. The molecule has 3 heteroatoms. The molecule has 1 saturated carbocycles. The second kappa shape index (κ2) is 10.5. The van der Waals surface area contributed by atoms with Crippen molar-refractivity contribution in [1.29, 1.82) is 0 Å². The molecule has 150 valence electrons. The minimum Gasteiger partial charge on any atom is -0.384 e. The predicted octanol–water partition coefficient (Wildman–Crippen LogP) is 5.35. The lowest BCUT2D eigenvalue weighted by molar-refractivity contribution is -0.0919. The Hall–Kier alpha value is -0.800. The zero-order valence-electron chi connectivity index (χ0n) is 17.5. The highest BCUT2D eigenvalue weighted by molar-refractivity contribution is 5.15. The second-order valence-electron chi connectivity index (χ2n) is 8.51. The Morgan fingerprint density at radius 2 is 2.00 bits per heavy atom. The van der Waals surface area contributed by atoms with E-state index in [0.717, 1.165) is 30.9 Å². The Bertz CT molecular complexity index is 469. The van der Waals surface area contributed by atoms with E-state index in [0.29, 0.717) is 12.0 Å². The van der Waals surface area contributed by atoms with E-state index < -0.39 is 6.10 Å². The van der Waals surface area contributed by atoms with Gasteiger partial charge in [0.15, 0.2) is 0 Å². The number of nitrogens with one attached hydrogen (secondary N) is 1. The highest BCUT2D eigenvalue weighted by Gasteiger charge is 2.36. The maximum absolute atomic E-state index is 11.1. The van der Waals surface area contributed by atoms with E-state index in [-0.39, 0.29) is 12.2 Å². The maximum atomic E-state index is 11.1. The van der Waals surface area contributed by atoms with Crippen molar-refractivity contribution in [3.8, 4) is 0 Å². The third kappa shape index (κ3) is 6.13. The molecular weight excluding hydrogens is 322 g/mol. The molecule has 2 fully saturated rings. The van der Waals surface area contributed by atoms with Crippen LogP contribution in [-0.2, 0) is 4.74 Å². The molecule has 1 saturated heterocycles. The van der Waals surface area contributed by atoms with Gasteiger partial charge in [-0.2, -0.15) is 0 Å². The zero-order valence-corrected chi connectivity index (χ0v) is 17.5. The van der Waals surface area contributed by atoms with Gasteiger partial charge in [-0.05, 0) is 44.9 Å². The van der Waals surface area contributed by atoms with Crippen LogP contribution in [0.3, 0.4) is 0 Å². The third-order valence-corrected chi connectivity index (χ3v) is 6.19. The standard InChI is InChI=1S/C23H41NO2/c1-6-8-10-12-20(19-13-14-19)24-21(11-9-7-2)23(25)22-15-16(3)17(4)18(5)26-22/h11,17-20,22-25H,3,6-10,12-15H2,1-2,4-5H3/b21-11-. The maximum Gasteiger partial charge on any atom is 0.119 e. The fourth-order valence-electron chi connectivity index (χ4n) is 3.92. The molecule has 0 aromatic rings. The summed E-state index contributed by atoms with van der Waals surface area (Å²) in [6.07, 6.45) is 12.1. The van der Waals surface area contributed by atoms with Gasteiger partial charge in [0.05, 0.1) is 12.2 Å². The third-order valence-electron chi connectivity index (χ3n) is 6.19. The van der Waals surface area contributed by atoms with Crippen LogP contribution < -0.4 is 5.32 Å². The summed E-state index contributed by atoms with van der Waals surface area (Å²) in [5.41, 5.74) is 2.18. The van der Waals surface area contributed by atoms with Crippen LogP contribution in [0.2, 0.25) is 0 Å². The highest BCUT2D eigenvalue weighted by atomic mass is 16.5. The topological polar surface area (TPSA) is 41.5 Å². The first-order chi connectivity index (χ1) is 12.5. The predicted molar refractivity (Wildman–Crippen MR) is 110 cm³/mol. The molecule has 0 aromatic heterocycles. The van der Waals surface area contributed by atoms with Crippen molar-refractivity contribution in [2.24, 2.45) is 11.8 Å². The molecule has 2 aliphatic rings. The summed E-state index contributed by atoms with van der Waals surface area (Å²) in [5, 5.41) is 14.9. The van der Waals surface area contributed by atoms with Gasteiger partial charge >= 0.3 is 0 Å². The van der Waals surface area contributed by atoms with Gasteiger partial charge in [0.25, 0.3) is 0 Å². The Balaban J connectivity index is 2.04. The first-order valence-corrected chi connectivity index (χ1v) is 11.0. The Labute approximate surface area is 161 Å². The van der Waals surface area contributed by atoms with E-state index in [1.165, 1.54) is 44.1 Å². The van der Waals surface area contributed by atoms with Gasteiger partial charge in [-0.3, -0.25) is 0 Å². The smallest absolute Gasteiger partial charge is 0.119 e. The van der Waals surface area contributed by atoms with Crippen LogP contribution in [0.1, 0.15) is 85.5 Å². The van der Waals surface area contributed by atoms with Crippen molar-refractivity contribution in [2.45, 2.75) is 110 Å². The van der Waals surface area contributed by atoms with E-state index in [1.807, 2.05) is 0 Å². The van der Waals surface area contributed by atoms with Gasteiger partial charge in [-0.1, -0.05) is 64.7 Å². The quantitative estimate of drug-likeness (QED) is 0.384. The molecule has 2 rings (SSSR count). The normalized spacial score (nSPS) is 29.5. The van der Waals surface area contributed by atoms with Gasteiger partial charge in [0.2, 0.25) is 0 Å². The number of ether oxygens (including phenoxy) is 1. The van der Waals surface area contributed by atoms with Crippen LogP contribution in [0.25, 0.3) is 0 Å². The Morgan fingerprint density at radius 1 is 1.27 bits per heavy atom. The van der Waals surface area contributed by atoms with Crippen molar-refractivity contribution >= 4 is 0 Å². The van der Waals surface area contributed by atoms with Crippen molar-refractivity contribution in [3.63, 3.8) is 0 Å². The summed E-state index contributed by atoms with van der Waals surface area (Å²) in [6, 6.07) is 0.502. The van der Waals surface area contributed by atoms with Gasteiger partial charge in [0, 0.05) is 17.7 Å². The highest BCUT2D eigenvalue weighted by Crippen LogP contribution is 2.36. The van der Waals surface area contributed by atoms with E-state index in [2.05, 4.69) is 45.7 Å². The van der Waals surface area contributed by atoms with Gasteiger partial charge < -0.3 is 15.2 Å². The minimum absolute atomic E-state index is 0.118. The van der Waals surface area contributed by atoms with E-state index in [4.69, 9.17) is 4.74 Å². The number of aliphatic hydroxyl groups is 1. The Kier molecular flexibility index (Phi) is 8.69. The lowest BCUT2D eigenvalue weighted by atomic mass is 9.87. The van der Waals surface area contributed by atoms with E-state index in [9.17, 15) is 5.11 Å². The second-order valence-corrected chi connectivity index (χ2v) is 8.51. The molecule has 5 atom stereocenters. The van der Waals surface area contributed by atoms with E-state index >= 15 is 0 Å². The fraction of sp³-hybridized carbons (Fsp3) is 0.826. The summed E-state index contributed by atoms with van der Waals surface area (Å²) in [7, 11) is 0. The van der Waals surface area contributed by atoms with Gasteiger partial charge in [-0.15, -0.1) is 0 Å². The van der Waals surface area contributed by atoms with Crippen LogP contribution in [0.15, 0.2) is 23.9 Å². The molecule has 0 aromatic carbocycles. The molecule has 0 amide bonds. The van der Waals surface area contributed by atoms with Crippen LogP contribution in [0.4, 0.5) is 0 Å². The van der Waals surface area contributed by atoms with Crippen molar-refractivity contribution < 1.29 is 9.84 Å². The molecule has 1 heterocycles.